The van der Waals surface area contributed by atoms with Crippen molar-refractivity contribution in [2.75, 3.05) is 26.0 Å². The van der Waals surface area contributed by atoms with Crippen molar-refractivity contribution < 1.29 is 9.53 Å². The van der Waals surface area contributed by atoms with Gasteiger partial charge in [-0.2, -0.15) is 0 Å². The molecule has 0 heterocycles. The van der Waals surface area contributed by atoms with Crippen LogP contribution in [0.5, 0.6) is 0 Å². The highest BCUT2D eigenvalue weighted by molar-refractivity contribution is 5.89. The fourth-order valence-corrected chi connectivity index (χ4v) is 2.97. The van der Waals surface area contributed by atoms with Crippen LogP contribution in [0.3, 0.4) is 0 Å². The number of rotatable bonds is 5. The van der Waals surface area contributed by atoms with Crippen LogP contribution in [0.2, 0.25) is 0 Å². The second-order valence-corrected chi connectivity index (χ2v) is 5.90. The molecule has 0 aromatic heterocycles. The minimum atomic E-state index is -0.0378. The number of nitrogens with zero attached hydrogens (tertiary/aromatic N) is 1. The van der Waals surface area contributed by atoms with E-state index in [1.807, 2.05) is 31.3 Å². The first-order chi connectivity index (χ1) is 10.2. The van der Waals surface area contributed by atoms with Crippen LogP contribution in [0.25, 0.3) is 0 Å². The molecule has 1 aromatic rings. The maximum absolute atomic E-state index is 12.3. The smallest absolute Gasteiger partial charge is 0.321 e. The van der Waals surface area contributed by atoms with Crippen LogP contribution < -0.4 is 5.32 Å². The van der Waals surface area contributed by atoms with E-state index in [9.17, 15) is 4.79 Å². The van der Waals surface area contributed by atoms with Gasteiger partial charge in [0, 0.05) is 32.0 Å². The van der Waals surface area contributed by atoms with Gasteiger partial charge < -0.3 is 15.0 Å². The van der Waals surface area contributed by atoms with Crippen molar-refractivity contribution in [2.45, 2.75) is 38.7 Å². The number of anilines is 1. The third-order valence-corrected chi connectivity index (χ3v) is 4.16. The second-order valence-electron chi connectivity index (χ2n) is 5.90. The number of para-hydroxylation sites is 1. The lowest BCUT2D eigenvalue weighted by Crippen LogP contribution is -2.36. The molecule has 2 rings (SSSR count). The van der Waals surface area contributed by atoms with Crippen LogP contribution in [-0.4, -0.2) is 31.6 Å². The second kappa shape index (κ2) is 8.03. The largest absolute Gasteiger partial charge is 0.380 e. The van der Waals surface area contributed by atoms with Crippen LogP contribution in [0.15, 0.2) is 24.3 Å². The molecule has 0 spiro atoms. The van der Waals surface area contributed by atoms with Gasteiger partial charge in [0.1, 0.15) is 0 Å². The third-order valence-electron chi connectivity index (χ3n) is 4.16. The van der Waals surface area contributed by atoms with E-state index in [1.165, 1.54) is 32.1 Å². The van der Waals surface area contributed by atoms with Gasteiger partial charge in [0.2, 0.25) is 0 Å². The van der Waals surface area contributed by atoms with Gasteiger partial charge in [0.05, 0.1) is 6.61 Å². The van der Waals surface area contributed by atoms with Gasteiger partial charge in [-0.1, -0.05) is 37.5 Å². The van der Waals surface area contributed by atoms with Gasteiger partial charge in [-0.15, -0.1) is 0 Å². The number of nitrogens with one attached hydrogen (secondary N) is 1. The Bertz CT molecular complexity index is 456. The van der Waals surface area contributed by atoms with E-state index < -0.39 is 0 Å². The molecule has 0 radical (unpaired) electrons. The molecule has 4 heteroatoms. The zero-order valence-corrected chi connectivity index (χ0v) is 13.1. The molecule has 116 valence electrons. The Morgan fingerprint density at radius 3 is 2.71 bits per heavy atom. The fraction of sp³-hybridized carbons (Fsp3) is 0.588. The maximum atomic E-state index is 12.3. The summed E-state index contributed by atoms with van der Waals surface area (Å²) < 4.78 is 5.17. The Balaban J connectivity index is 1.90. The number of hydrogen-bond donors (Lipinski definition) is 1. The van der Waals surface area contributed by atoms with Crippen LogP contribution in [-0.2, 0) is 11.3 Å². The predicted octanol–water partition coefficient (Wildman–Crippen LogP) is 3.88. The third kappa shape index (κ3) is 4.74. The van der Waals surface area contributed by atoms with E-state index in [4.69, 9.17) is 4.74 Å². The van der Waals surface area contributed by atoms with E-state index in [1.54, 1.807) is 12.0 Å². The summed E-state index contributed by atoms with van der Waals surface area (Å²) >= 11 is 0. The minimum Gasteiger partial charge on any atom is -0.380 e. The highest BCUT2D eigenvalue weighted by Gasteiger charge is 2.18. The van der Waals surface area contributed by atoms with Crippen LogP contribution in [0.4, 0.5) is 10.5 Å². The molecule has 1 N–H and O–H groups in total. The predicted molar refractivity (Wildman–Crippen MR) is 85.4 cm³/mol. The molecular weight excluding hydrogens is 264 g/mol. The van der Waals surface area contributed by atoms with Crippen LogP contribution >= 0.6 is 0 Å². The quantitative estimate of drug-likeness (QED) is 0.894. The Kier molecular flexibility index (Phi) is 6.05. The Morgan fingerprint density at radius 1 is 1.29 bits per heavy atom. The lowest BCUT2D eigenvalue weighted by molar-refractivity contribution is 0.185. The molecular formula is C17H26N2O2. The van der Waals surface area contributed by atoms with Crippen molar-refractivity contribution in [3.63, 3.8) is 0 Å². The topological polar surface area (TPSA) is 41.6 Å². The summed E-state index contributed by atoms with van der Waals surface area (Å²) in [6.45, 7) is 1.35. The molecule has 0 atom stereocenters. The highest BCUT2D eigenvalue weighted by Crippen LogP contribution is 2.24. The molecule has 2 amide bonds. The summed E-state index contributed by atoms with van der Waals surface area (Å²) in [6.07, 6.45) is 6.44. The van der Waals surface area contributed by atoms with E-state index in [0.717, 1.165) is 17.8 Å². The van der Waals surface area contributed by atoms with E-state index >= 15 is 0 Å². The standard InChI is InChI=1S/C17H26N2O2/c1-19(12-14-8-4-3-5-9-14)17(20)18-16-11-7-6-10-15(16)13-21-2/h6-7,10-11,14H,3-5,8-9,12-13H2,1-2H3,(H,18,20). The Morgan fingerprint density at radius 2 is 2.00 bits per heavy atom. The van der Waals surface area contributed by atoms with Crippen LogP contribution in [0, 0.1) is 5.92 Å². The average Bonchev–Trinajstić information content (AvgIpc) is 2.50. The fourth-order valence-electron chi connectivity index (χ4n) is 2.97. The molecule has 1 saturated carbocycles. The number of hydrogen-bond acceptors (Lipinski definition) is 2. The molecule has 1 aliphatic rings. The lowest BCUT2D eigenvalue weighted by Gasteiger charge is -2.27. The van der Waals surface area contributed by atoms with Crippen molar-refractivity contribution in [3.8, 4) is 0 Å². The number of carbonyl (C=O) groups is 1. The normalized spacial score (nSPS) is 15.7. The van der Waals surface area contributed by atoms with Crippen molar-refractivity contribution in [1.82, 2.24) is 4.90 Å². The zero-order valence-electron chi connectivity index (χ0n) is 13.1. The SMILES string of the molecule is COCc1ccccc1NC(=O)N(C)CC1CCCCC1. The van der Waals surface area contributed by atoms with Crippen molar-refractivity contribution in [3.05, 3.63) is 29.8 Å². The van der Waals surface area contributed by atoms with Gasteiger partial charge in [0.15, 0.2) is 0 Å². The highest BCUT2D eigenvalue weighted by atomic mass is 16.5. The summed E-state index contributed by atoms with van der Waals surface area (Å²) in [5, 5.41) is 2.99. The average molecular weight is 290 g/mol. The van der Waals surface area contributed by atoms with E-state index in [-0.39, 0.29) is 6.03 Å². The number of methoxy groups -OCH3 is 1. The summed E-state index contributed by atoms with van der Waals surface area (Å²) in [7, 11) is 3.54. The van der Waals surface area contributed by atoms with Gasteiger partial charge in [0.25, 0.3) is 0 Å². The molecule has 0 bridgehead atoms. The summed E-state index contributed by atoms with van der Waals surface area (Å²) in [5.74, 6) is 0.656. The van der Waals surface area contributed by atoms with Crippen molar-refractivity contribution in [2.24, 2.45) is 5.92 Å². The zero-order chi connectivity index (χ0) is 15.1. The number of ether oxygens (including phenoxy) is 1. The molecule has 0 aliphatic heterocycles. The number of amides is 2. The number of urea groups is 1. The number of carbonyl (C=O) groups excluding carboxylic acids is 1. The van der Waals surface area contributed by atoms with Crippen LogP contribution in [0.1, 0.15) is 37.7 Å². The molecule has 1 fully saturated rings. The summed E-state index contributed by atoms with van der Waals surface area (Å²) in [6, 6.07) is 7.73. The summed E-state index contributed by atoms with van der Waals surface area (Å²) in [4.78, 5) is 14.1. The minimum absolute atomic E-state index is 0.0378. The monoisotopic (exact) mass is 290 g/mol. The van der Waals surface area contributed by atoms with Gasteiger partial charge >= 0.3 is 6.03 Å². The van der Waals surface area contributed by atoms with Gasteiger partial charge in [-0.3, -0.25) is 0 Å². The first-order valence-electron chi connectivity index (χ1n) is 7.79. The Hall–Kier alpha value is -1.55. The first-order valence-corrected chi connectivity index (χ1v) is 7.79. The van der Waals surface area contributed by atoms with E-state index in [0.29, 0.717) is 12.5 Å². The number of benzene rings is 1. The molecule has 0 unspecified atom stereocenters. The molecule has 21 heavy (non-hydrogen) atoms. The van der Waals surface area contributed by atoms with Gasteiger partial charge in [-0.25, -0.2) is 4.79 Å². The van der Waals surface area contributed by atoms with E-state index in [2.05, 4.69) is 5.32 Å². The molecule has 4 nitrogen and oxygen atoms in total. The van der Waals surface area contributed by atoms with Gasteiger partial charge in [-0.05, 0) is 24.8 Å². The molecule has 0 saturated heterocycles. The van der Waals surface area contributed by atoms with Crippen molar-refractivity contribution >= 4 is 11.7 Å². The summed E-state index contributed by atoms with van der Waals surface area (Å²) in [5.41, 5.74) is 1.83. The Labute approximate surface area is 127 Å². The molecule has 1 aromatic carbocycles. The first kappa shape index (κ1) is 15.8. The maximum Gasteiger partial charge on any atom is 0.321 e. The molecule has 1 aliphatic carbocycles. The van der Waals surface area contributed by atoms with Crippen molar-refractivity contribution in [1.29, 1.82) is 0 Å². The lowest BCUT2D eigenvalue weighted by atomic mass is 9.89.